The van der Waals surface area contributed by atoms with E-state index >= 15 is 0 Å². The number of hydrogen-bond donors (Lipinski definition) is 1. The molecule has 2 unspecified atom stereocenters. The monoisotopic (exact) mass is 350 g/mol. The van der Waals surface area contributed by atoms with Crippen molar-refractivity contribution in [2.75, 3.05) is 13.6 Å². The molecule has 0 radical (unpaired) electrons. The number of nitrogens with zero attached hydrogens (tertiary/aromatic N) is 1. The van der Waals surface area contributed by atoms with Gasteiger partial charge in [0.1, 0.15) is 4.90 Å². The van der Waals surface area contributed by atoms with Crippen molar-refractivity contribution < 1.29 is 13.2 Å². The van der Waals surface area contributed by atoms with Crippen LogP contribution in [0, 0.1) is 11.8 Å². The summed E-state index contributed by atoms with van der Waals surface area (Å²) >= 11 is 11.8. The van der Waals surface area contributed by atoms with E-state index in [9.17, 15) is 13.2 Å². The van der Waals surface area contributed by atoms with Crippen molar-refractivity contribution in [2.45, 2.75) is 18.2 Å². The highest BCUT2D eigenvalue weighted by Gasteiger charge is 2.34. The first-order chi connectivity index (χ1) is 9.61. The predicted molar refractivity (Wildman–Crippen MR) is 82.1 cm³/mol. The third-order valence-corrected chi connectivity index (χ3v) is 5.38. The number of sulfonamides is 1. The molecular formula is C13H16Cl2N2O3S. The van der Waals surface area contributed by atoms with Crippen LogP contribution in [0.3, 0.4) is 0 Å². The summed E-state index contributed by atoms with van der Waals surface area (Å²) in [5.41, 5.74) is 0.0842. The van der Waals surface area contributed by atoms with Crippen molar-refractivity contribution in [3.8, 4) is 0 Å². The standard InChI is InChI=1S/C13H16Cl2N2O3S/c1-7-3-8(7)6-17(2)13(18)9-4-12(21(16,19)20)11(15)5-10(9)14/h4-5,7-8H,3,6H2,1-2H3,(H2,16,19,20). The van der Waals surface area contributed by atoms with Crippen LogP contribution in [0.4, 0.5) is 0 Å². The van der Waals surface area contributed by atoms with Crippen molar-refractivity contribution >= 4 is 39.1 Å². The van der Waals surface area contributed by atoms with Gasteiger partial charge in [0.05, 0.1) is 15.6 Å². The summed E-state index contributed by atoms with van der Waals surface area (Å²) in [6.45, 7) is 2.74. The number of carbonyl (C=O) groups is 1. The van der Waals surface area contributed by atoms with Crippen LogP contribution in [0.1, 0.15) is 23.7 Å². The SMILES string of the molecule is CC1CC1CN(C)C(=O)c1cc(S(N)(=O)=O)c(Cl)cc1Cl. The highest BCUT2D eigenvalue weighted by molar-refractivity contribution is 7.89. The van der Waals surface area contributed by atoms with E-state index in [2.05, 4.69) is 6.92 Å². The number of hydrogen-bond acceptors (Lipinski definition) is 3. The van der Waals surface area contributed by atoms with Crippen molar-refractivity contribution in [1.29, 1.82) is 0 Å². The van der Waals surface area contributed by atoms with Crippen molar-refractivity contribution in [2.24, 2.45) is 17.0 Å². The molecule has 5 nitrogen and oxygen atoms in total. The zero-order chi connectivity index (χ0) is 15.9. The van der Waals surface area contributed by atoms with E-state index < -0.39 is 10.0 Å². The summed E-state index contributed by atoms with van der Waals surface area (Å²) in [6.07, 6.45) is 1.09. The molecule has 1 aromatic carbocycles. The lowest BCUT2D eigenvalue weighted by atomic mass is 10.2. The van der Waals surface area contributed by atoms with Gasteiger partial charge in [0.2, 0.25) is 10.0 Å². The first-order valence-corrected chi connectivity index (χ1v) is 8.68. The fourth-order valence-corrected chi connectivity index (χ4v) is 3.60. The number of rotatable bonds is 4. The summed E-state index contributed by atoms with van der Waals surface area (Å²) in [4.78, 5) is 13.6. The molecule has 1 fully saturated rings. The van der Waals surface area contributed by atoms with Crippen LogP contribution < -0.4 is 5.14 Å². The lowest BCUT2D eigenvalue weighted by Crippen LogP contribution is -2.29. The second kappa shape index (κ2) is 5.76. The zero-order valence-electron chi connectivity index (χ0n) is 11.6. The highest BCUT2D eigenvalue weighted by atomic mass is 35.5. The topological polar surface area (TPSA) is 80.5 Å². The Kier molecular flexibility index (Phi) is 4.54. The summed E-state index contributed by atoms with van der Waals surface area (Å²) in [5, 5.41) is 5.09. The van der Waals surface area contributed by atoms with Crippen molar-refractivity contribution in [3.05, 3.63) is 27.7 Å². The van der Waals surface area contributed by atoms with Gasteiger partial charge in [0, 0.05) is 13.6 Å². The van der Waals surface area contributed by atoms with Gasteiger partial charge < -0.3 is 4.90 Å². The van der Waals surface area contributed by atoms with Gasteiger partial charge in [-0.25, -0.2) is 13.6 Å². The van der Waals surface area contributed by atoms with E-state index in [0.29, 0.717) is 18.4 Å². The largest absolute Gasteiger partial charge is 0.341 e. The molecule has 2 atom stereocenters. The Labute approximate surface area is 134 Å². The van der Waals surface area contributed by atoms with Gasteiger partial charge in [0.15, 0.2) is 0 Å². The quantitative estimate of drug-likeness (QED) is 0.904. The van der Waals surface area contributed by atoms with Crippen LogP contribution in [-0.2, 0) is 10.0 Å². The maximum atomic E-state index is 12.4. The Bertz CT molecular complexity index is 691. The van der Waals surface area contributed by atoms with Crippen LogP contribution >= 0.6 is 23.2 Å². The Hall–Kier alpha value is -0.820. The van der Waals surface area contributed by atoms with Gasteiger partial charge >= 0.3 is 0 Å². The van der Waals surface area contributed by atoms with Crippen molar-refractivity contribution in [1.82, 2.24) is 4.90 Å². The average molecular weight is 351 g/mol. The van der Waals surface area contributed by atoms with Crippen LogP contribution in [0.25, 0.3) is 0 Å². The number of primary sulfonamides is 1. The number of amides is 1. The molecule has 21 heavy (non-hydrogen) atoms. The number of nitrogens with two attached hydrogens (primary N) is 1. The minimum absolute atomic E-state index is 0.0842. The molecule has 2 rings (SSSR count). The van der Waals surface area contributed by atoms with E-state index in [-0.39, 0.29) is 26.4 Å². The summed E-state index contributed by atoms with van der Waals surface area (Å²) in [6, 6.07) is 2.36. The van der Waals surface area contributed by atoms with Crippen LogP contribution in [-0.4, -0.2) is 32.8 Å². The zero-order valence-corrected chi connectivity index (χ0v) is 14.0. The lowest BCUT2D eigenvalue weighted by Gasteiger charge is -2.18. The molecule has 0 aliphatic heterocycles. The van der Waals surface area contributed by atoms with E-state index in [1.165, 1.54) is 11.0 Å². The molecule has 0 aromatic heterocycles. The minimum Gasteiger partial charge on any atom is -0.341 e. The molecule has 1 aromatic rings. The fourth-order valence-electron chi connectivity index (χ4n) is 2.20. The minimum atomic E-state index is -4.01. The third-order valence-electron chi connectivity index (χ3n) is 3.69. The third kappa shape index (κ3) is 3.69. The van der Waals surface area contributed by atoms with E-state index in [0.717, 1.165) is 12.5 Å². The van der Waals surface area contributed by atoms with Crippen LogP contribution in [0.5, 0.6) is 0 Å². The van der Waals surface area contributed by atoms with Crippen LogP contribution in [0.2, 0.25) is 10.0 Å². The molecule has 1 aliphatic carbocycles. The molecule has 1 amide bonds. The van der Waals surface area contributed by atoms with Crippen molar-refractivity contribution in [3.63, 3.8) is 0 Å². The van der Waals surface area contributed by atoms with Gasteiger partial charge in [-0.15, -0.1) is 0 Å². The molecule has 1 saturated carbocycles. The maximum absolute atomic E-state index is 12.4. The predicted octanol–water partition coefficient (Wildman–Crippen LogP) is 2.37. The second-order valence-electron chi connectivity index (χ2n) is 5.47. The van der Waals surface area contributed by atoms with Gasteiger partial charge in [-0.1, -0.05) is 30.1 Å². The van der Waals surface area contributed by atoms with Gasteiger partial charge in [-0.05, 0) is 30.4 Å². The Morgan fingerprint density at radius 2 is 1.95 bits per heavy atom. The maximum Gasteiger partial charge on any atom is 0.255 e. The fraction of sp³-hybridized carbons (Fsp3) is 0.462. The molecule has 0 spiro atoms. The van der Waals surface area contributed by atoms with E-state index in [1.54, 1.807) is 7.05 Å². The number of halogens is 2. The molecule has 0 heterocycles. The molecule has 8 heteroatoms. The number of carbonyl (C=O) groups excluding carboxylic acids is 1. The number of benzene rings is 1. The normalized spacial score (nSPS) is 21.2. The summed E-state index contributed by atoms with van der Waals surface area (Å²) in [5.74, 6) is 0.754. The summed E-state index contributed by atoms with van der Waals surface area (Å²) < 4.78 is 22.9. The molecular weight excluding hydrogens is 335 g/mol. The Balaban J connectivity index is 2.32. The van der Waals surface area contributed by atoms with E-state index in [1.807, 2.05) is 0 Å². The smallest absolute Gasteiger partial charge is 0.255 e. The van der Waals surface area contributed by atoms with Gasteiger partial charge in [0.25, 0.3) is 5.91 Å². The first kappa shape index (κ1) is 16.5. The van der Waals surface area contributed by atoms with E-state index in [4.69, 9.17) is 28.3 Å². The van der Waals surface area contributed by atoms with Crippen LogP contribution in [0.15, 0.2) is 17.0 Å². The second-order valence-corrected chi connectivity index (χ2v) is 7.81. The molecule has 1 aliphatic rings. The van der Waals surface area contributed by atoms with Gasteiger partial charge in [-0.3, -0.25) is 4.79 Å². The molecule has 0 bridgehead atoms. The molecule has 116 valence electrons. The van der Waals surface area contributed by atoms with Gasteiger partial charge in [-0.2, -0.15) is 0 Å². The lowest BCUT2D eigenvalue weighted by molar-refractivity contribution is 0.0787. The first-order valence-electron chi connectivity index (χ1n) is 6.38. The summed E-state index contributed by atoms with van der Waals surface area (Å²) in [7, 11) is -2.35. The highest BCUT2D eigenvalue weighted by Crippen LogP contribution is 2.38. The average Bonchev–Trinajstić information content (AvgIpc) is 3.02. The molecule has 2 N–H and O–H groups in total. The molecule has 0 saturated heterocycles. The Morgan fingerprint density at radius 3 is 2.43 bits per heavy atom. The Morgan fingerprint density at radius 1 is 1.38 bits per heavy atom.